The van der Waals surface area contributed by atoms with Crippen molar-refractivity contribution in [3.63, 3.8) is 0 Å². The van der Waals surface area contributed by atoms with Gasteiger partial charge in [0.25, 0.3) is 5.56 Å². The van der Waals surface area contributed by atoms with E-state index in [1.807, 2.05) is 61.5 Å². The Hall–Kier alpha value is -3.19. The van der Waals surface area contributed by atoms with E-state index in [1.54, 1.807) is 7.11 Å². The average Bonchev–Trinajstić information content (AvgIpc) is 3.23. The molecule has 0 fully saturated rings. The molecule has 2 aromatic heterocycles. The van der Waals surface area contributed by atoms with Crippen LogP contribution in [0.3, 0.4) is 0 Å². The maximum absolute atomic E-state index is 12.6. The normalized spacial score (nSPS) is 11.9. The first-order valence-electron chi connectivity index (χ1n) is 8.46. The Labute approximate surface area is 159 Å². The summed E-state index contributed by atoms with van der Waals surface area (Å²) in [5.41, 5.74) is 1.59. The van der Waals surface area contributed by atoms with E-state index in [-0.39, 0.29) is 5.56 Å². The highest BCUT2D eigenvalue weighted by Crippen LogP contribution is 2.20. The SMILES string of the molecule is CCOc1ccc(-c2nc3s/c(=C\c4ccc(OC)cc4)c(=O)n3n2)cc1. The molecule has 27 heavy (non-hydrogen) atoms. The predicted molar refractivity (Wildman–Crippen MR) is 106 cm³/mol. The monoisotopic (exact) mass is 379 g/mol. The fraction of sp³-hybridized carbons (Fsp3) is 0.150. The van der Waals surface area contributed by atoms with Crippen molar-refractivity contribution < 1.29 is 9.47 Å². The summed E-state index contributed by atoms with van der Waals surface area (Å²) in [6, 6.07) is 15.0. The minimum Gasteiger partial charge on any atom is -0.497 e. The van der Waals surface area contributed by atoms with Gasteiger partial charge >= 0.3 is 0 Å². The average molecular weight is 379 g/mol. The lowest BCUT2D eigenvalue weighted by Gasteiger charge is -2.02. The standard InChI is InChI=1S/C20H17N3O3S/c1-3-26-16-10-6-14(7-11-16)18-21-20-23(22-18)19(24)17(27-20)12-13-4-8-15(25-2)9-5-13/h4-12H,3H2,1-2H3/b17-12-. The lowest BCUT2D eigenvalue weighted by Crippen LogP contribution is -2.23. The first kappa shape index (κ1) is 17.2. The van der Waals surface area contributed by atoms with Crippen LogP contribution in [0.15, 0.2) is 53.3 Å². The lowest BCUT2D eigenvalue weighted by molar-refractivity contribution is 0.340. The van der Waals surface area contributed by atoms with E-state index in [9.17, 15) is 4.79 Å². The summed E-state index contributed by atoms with van der Waals surface area (Å²) in [7, 11) is 1.62. The molecule has 2 aromatic carbocycles. The molecule has 0 atom stereocenters. The number of thiazole rings is 1. The molecule has 0 bridgehead atoms. The first-order chi connectivity index (χ1) is 13.2. The third-order valence-corrected chi connectivity index (χ3v) is 4.98. The van der Waals surface area contributed by atoms with Gasteiger partial charge < -0.3 is 9.47 Å². The summed E-state index contributed by atoms with van der Waals surface area (Å²) in [5.74, 6) is 2.10. The Morgan fingerprint density at radius 1 is 1.07 bits per heavy atom. The van der Waals surface area contributed by atoms with Gasteiger partial charge in [0.15, 0.2) is 5.82 Å². The second-order valence-corrected chi connectivity index (χ2v) is 6.79. The van der Waals surface area contributed by atoms with E-state index in [0.717, 1.165) is 22.6 Å². The molecule has 0 aliphatic rings. The van der Waals surface area contributed by atoms with Crippen LogP contribution in [-0.2, 0) is 0 Å². The Morgan fingerprint density at radius 3 is 2.41 bits per heavy atom. The van der Waals surface area contributed by atoms with E-state index in [0.29, 0.717) is 21.9 Å². The van der Waals surface area contributed by atoms with Crippen molar-refractivity contribution in [3.05, 3.63) is 69.0 Å². The van der Waals surface area contributed by atoms with Crippen LogP contribution < -0.4 is 19.6 Å². The van der Waals surface area contributed by atoms with Gasteiger partial charge in [0.1, 0.15) is 11.5 Å². The summed E-state index contributed by atoms with van der Waals surface area (Å²) < 4.78 is 12.5. The Kier molecular flexibility index (Phi) is 4.60. The van der Waals surface area contributed by atoms with Crippen molar-refractivity contribution in [1.29, 1.82) is 0 Å². The van der Waals surface area contributed by atoms with Crippen LogP contribution in [0.4, 0.5) is 0 Å². The van der Waals surface area contributed by atoms with E-state index in [4.69, 9.17) is 9.47 Å². The highest BCUT2D eigenvalue weighted by molar-refractivity contribution is 7.15. The van der Waals surface area contributed by atoms with Crippen LogP contribution in [0.25, 0.3) is 22.4 Å². The summed E-state index contributed by atoms with van der Waals surface area (Å²) >= 11 is 1.32. The van der Waals surface area contributed by atoms with Crippen LogP contribution in [0.2, 0.25) is 0 Å². The van der Waals surface area contributed by atoms with Crippen molar-refractivity contribution in [2.24, 2.45) is 0 Å². The van der Waals surface area contributed by atoms with Gasteiger partial charge in [-0.3, -0.25) is 4.79 Å². The molecule has 7 heteroatoms. The molecule has 4 rings (SSSR count). The molecule has 0 unspecified atom stereocenters. The molecular formula is C20H17N3O3S. The fourth-order valence-electron chi connectivity index (χ4n) is 2.67. The van der Waals surface area contributed by atoms with Crippen molar-refractivity contribution in [2.45, 2.75) is 6.92 Å². The fourth-order valence-corrected chi connectivity index (χ4v) is 3.58. The molecule has 0 radical (unpaired) electrons. The third kappa shape index (κ3) is 3.41. The molecule has 0 saturated carbocycles. The molecule has 0 spiro atoms. The zero-order valence-corrected chi connectivity index (χ0v) is 15.7. The number of aromatic nitrogens is 3. The summed E-state index contributed by atoms with van der Waals surface area (Å²) in [4.78, 5) is 17.7. The van der Waals surface area contributed by atoms with E-state index >= 15 is 0 Å². The van der Waals surface area contributed by atoms with Crippen molar-refractivity contribution in [1.82, 2.24) is 14.6 Å². The van der Waals surface area contributed by atoms with Crippen LogP contribution in [0.5, 0.6) is 11.5 Å². The molecule has 0 aliphatic heterocycles. The van der Waals surface area contributed by atoms with Crippen LogP contribution in [0.1, 0.15) is 12.5 Å². The van der Waals surface area contributed by atoms with Crippen molar-refractivity contribution in [3.8, 4) is 22.9 Å². The van der Waals surface area contributed by atoms with Gasteiger partial charge in [-0.15, -0.1) is 5.10 Å². The number of rotatable bonds is 5. The maximum atomic E-state index is 12.6. The molecule has 2 heterocycles. The van der Waals surface area contributed by atoms with Gasteiger partial charge in [0.05, 0.1) is 18.2 Å². The van der Waals surface area contributed by atoms with E-state index in [2.05, 4.69) is 10.1 Å². The molecular weight excluding hydrogens is 362 g/mol. The van der Waals surface area contributed by atoms with Gasteiger partial charge in [-0.05, 0) is 55.0 Å². The van der Waals surface area contributed by atoms with Gasteiger partial charge in [0, 0.05) is 5.56 Å². The molecule has 4 aromatic rings. The van der Waals surface area contributed by atoms with Gasteiger partial charge in [-0.1, -0.05) is 23.5 Å². The maximum Gasteiger partial charge on any atom is 0.291 e. The molecule has 0 N–H and O–H groups in total. The number of fused-ring (bicyclic) bond motifs is 1. The molecule has 0 saturated heterocycles. The molecule has 6 nitrogen and oxygen atoms in total. The van der Waals surface area contributed by atoms with Crippen LogP contribution >= 0.6 is 11.3 Å². The van der Waals surface area contributed by atoms with E-state index in [1.165, 1.54) is 15.9 Å². The minimum absolute atomic E-state index is 0.171. The first-order valence-corrected chi connectivity index (χ1v) is 9.28. The molecule has 136 valence electrons. The Morgan fingerprint density at radius 2 is 1.78 bits per heavy atom. The quantitative estimate of drug-likeness (QED) is 0.533. The molecule has 0 aliphatic carbocycles. The van der Waals surface area contributed by atoms with Gasteiger partial charge in [-0.2, -0.15) is 9.50 Å². The van der Waals surface area contributed by atoms with Crippen molar-refractivity contribution in [2.75, 3.05) is 13.7 Å². The van der Waals surface area contributed by atoms with Crippen LogP contribution in [-0.4, -0.2) is 28.3 Å². The Bertz CT molecular complexity index is 1180. The smallest absolute Gasteiger partial charge is 0.291 e. The second kappa shape index (κ2) is 7.20. The van der Waals surface area contributed by atoms with Crippen molar-refractivity contribution >= 4 is 22.4 Å². The molecule has 0 amide bonds. The number of ether oxygens (including phenoxy) is 2. The minimum atomic E-state index is -0.171. The number of benzene rings is 2. The Balaban J connectivity index is 1.68. The predicted octanol–water partition coefficient (Wildman–Crippen LogP) is 2.77. The number of hydrogen-bond acceptors (Lipinski definition) is 6. The van der Waals surface area contributed by atoms with Crippen LogP contribution in [0, 0.1) is 0 Å². The zero-order chi connectivity index (χ0) is 18.8. The highest BCUT2D eigenvalue weighted by Gasteiger charge is 2.12. The zero-order valence-electron chi connectivity index (χ0n) is 14.9. The largest absolute Gasteiger partial charge is 0.497 e. The number of nitrogens with zero attached hydrogens (tertiary/aromatic N) is 3. The topological polar surface area (TPSA) is 65.7 Å². The summed E-state index contributed by atoms with van der Waals surface area (Å²) in [5, 5.41) is 4.37. The van der Waals surface area contributed by atoms with Gasteiger partial charge in [0.2, 0.25) is 4.96 Å². The summed E-state index contributed by atoms with van der Waals surface area (Å²) in [6.07, 6.45) is 1.83. The van der Waals surface area contributed by atoms with Gasteiger partial charge in [-0.25, -0.2) is 0 Å². The number of methoxy groups -OCH3 is 1. The summed E-state index contributed by atoms with van der Waals surface area (Å²) in [6.45, 7) is 2.56. The lowest BCUT2D eigenvalue weighted by atomic mass is 10.2. The third-order valence-electron chi connectivity index (χ3n) is 4.02. The highest BCUT2D eigenvalue weighted by atomic mass is 32.1. The van der Waals surface area contributed by atoms with E-state index < -0.39 is 0 Å². The number of hydrogen-bond donors (Lipinski definition) is 0. The second-order valence-electron chi connectivity index (χ2n) is 5.78.